The molecule has 0 saturated carbocycles. The molecule has 24 heavy (non-hydrogen) atoms. The van der Waals surface area contributed by atoms with Gasteiger partial charge in [-0.05, 0) is 37.6 Å². The molecule has 3 aromatic rings. The summed E-state index contributed by atoms with van der Waals surface area (Å²) in [4.78, 5) is 0. The van der Waals surface area contributed by atoms with Crippen LogP contribution >= 0.6 is 0 Å². The van der Waals surface area contributed by atoms with Gasteiger partial charge in [0.05, 0.1) is 11.9 Å². The van der Waals surface area contributed by atoms with E-state index in [0.29, 0.717) is 12.6 Å². The molecule has 0 aliphatic carbocycles. The molecule has 6 nitrogen and oxygen atoms in total. The smallest absolute Gasteiger partial charge is 0.133 e. The van der Waals surface area contributed by atoms with Gasteiger partial charge in [0.2, 0.25) is 0 Å². The Morgan fingerprint density at radius 3 is 2.96 bits per heavy atom. The summed E-state index contributed by atoms with van der Waals surface area (Å²) < 4.78 is 15.3. The van der Waals surface area contributed by atoms with Gasteiger partial charge in [0.1, 0.15) is 17.5 Å². The molecule has 0 radical (unpaired) electrons. The third-order valence-electron chi connectivity index (χ3n) is 4.56. The molecular formula is C17H19FN6. The fraction of sp³-hybridized carbons (Fsp3) is 0.353. The molecule has 0 bridgehead atoms. The van der Waals surface area contributed by atoms with Crippen LogP contribution in [0.25, 0.3) is 11.3 Å². The molecule has 0 amide bonds. The molecule has 2 aromatic heterocycles. The minimum atomic E-state index is -0.236. The number of fused-ring (bicyclic) bond motifs is 1. The Hall–Kier alpha value is -2.54. The van der Waals surface area contributed by atoms with Crippen LogP contribution in [0, 0.1) is 12.7 Å². The maximum absolute atomic E-state index is 13.1. The molecule has 1 aliphatic heterocycles. The average Bonchev–Trinajstić information content (AvgIpc) is 3.21. The summed E-state index contributed by atoms with van der Waals surface area (Å²) >= 11 is 0. The van der Waals surface area contributed by atoms with Crippen LogP contribution < -0.4 is 5.32 Å². The van der Waals surface area contributed by atoms with Crippen LogP contribution in [0.2, 0.25) is 0 Å². The lowest BCUT2D eigenvalue weighted by Crippen LogP contribution is -2.37. The quantitative estimate of drug-likeness (QED) is 0.771. The van der Waals surface area contributed by atoms with Crippen LogP contribution in [0.3, 0.4) is 0 Å². The van der Waals surface area contributed by atoms with Gasteiger partial charge in [0.25, 0.3) is 0 Å². The molecule has 1 aliphatic rings. The van der Waals surface area contributed by atoms with Crippen molar-refractivity contribution >= 4 is 0 Å². The van der Waals surface area contributed by atoms with Crippen molar-refractivity contribution in [3.63, 3.8) is 0 Å². The number of hydrogen-bond acceptors (Lipinski definition) is 4. The predicted octanol–water partition coefficient (Wildman–Crippen LogP) is 2.22. The maximum atomic E-state index is 13.1. The van der Waals surface area contributed by atoms with E-state index in [9.17, 15) is 4.39 Å². The molecule has 124 valence electrons. The molecule has 0 fully saturated rings. The second-order valence-corrected chi connectivity index (χ2v) is 6.17. The minimum Gasteiger partial charge on any atom is -0.314 e. The van der Waals surface area contributed by atoms with Gasteiger partial charge in [-0.2, -0.15) is 5.10 Å². The van der Waals surface area contributed by atoms with Crippen molar-refractivity contribution < 1.29 is 4.39 Å². The number of aromatic nitrogens is 5. The van der Waals surface area contributed by atoms with Crippen LogP contribution in [0.15, 0.2) is 30.5 Å². The van der Waals surface area contributed by atoms with E-state index in [4.69, 9.17) is 0 Å². The number of hydrogen-bond donors (Lipinski definition) is 2. The fourth-order valence-corrected chi connectivity index (χ4v) is 3.19. The van der Waals surface area contributed by atoms with Gasteiger partial charge in [-0.25, -0.2) is 4.39 Å². The summed E-state index contributed by atoms with van der Waals surface area (Å²) in [5, 5.41) is 19.1. The van der Waals surface area contributed by atoms with Crippen molar-refractivity contribution in [1.82, 2.24) is 30.3 Å². The van der Waals surface area contributed by atoms with Gasteiger partial charge >= 0.3 is 0 Å². The third kappa shape index (κ3) is 2.82. The van der Waals surface area contributed by atoms with Crippen LogP contribution in [-0.4, -0.2) is 31.0 Å². The number of nitrogens with one attached hydrogen (secondary N) is 2. The van der Waals surface area contributed by atoms with E-state index in [1.807, 2.05) is 13.1 Å². The fourth-order valence-electron chi connectivity index (χ4n) is 3.19. The van der Waals surface area contributed by atoms with Crippen molar-refractivity contribution in [1.29, 1.82) is 0 Å². The van der Waals surface area contributed by atoms with Gasteiger partial charge in [-0.1, -0.05) is 0 Å². The van der Waals surface area contributed by atoms with Crippen LogP contribution in [0.1, 0.15) is 23.6 Å². The topological polar surface area (TPSA) is 71.4 Å². The van der Waals surface area contributed by atoms with Crippen molar-refractivity contribution in [3.05, 3.63) is 53.5 Å². The van der Waals surface area contributed by atoms with E-state index in [0.717, 1.165) is 47.9 Å². The number of aryl methyl sites for hydroxylation is 2. The Morgan fingerprint density at radius 1 is 1.29 bits per heavy atom. The molecule has 7 heteroatoms. The number of aromatic amines is 1. The second-order valence-electron chi connectivity index (χ2n) is 6.17. The molecule has 1 unspecified atom stereocenters. The Balaban J connectivity index is 1.45. The van der Waals surface area contributed by atoms with Crippen LogP contribution in [-0.2, 0) is 19.5 Å². The number of H-pyrrole nitrogens is 1. The van der Waals surface area contributed by atoms with E-state index < -0.39 is 0 Å². The molecule has 4 rings (SSSR count). The SMILES string of the molecule is Cc1nnc2n1CC(NCc1cn[nH]c1-c1ccc(F)cc1)CC2. The molecule has 2 N–H and O–H groups in total. The molecule has 3 heterocycles. The van der Waals surface area contributed by atoms with E-state index in [-0.39, 0.29) is 5.82 Å². The normalized spacial score (nSPS) is 17.0. The lowest BCUT2D eigenvalue weighted by molar-refractivity contribution is 0.375. The van der Waals surface area contributed by atoms with Crippen molar-refractivity contribution in [3.8, 4) is 11.3 Å². The van der Waals surface area contributed by atoms with Gasteiger partial charge in [-0.15, -0.1) is 10.2 Å². The highest BCUT2D eigenvalue weighted by molar-refractivity contribution is 5.62. The molecular weight excluding hydrogens is 307 g/mol. The Morgan fingerprint density at radius 2 is 2.12 bits per heavy atom. The van der Waals surface area contributed by atoms with Gasteiger partial charge < -0.3 is 9.88 Å². The van der Waals surface area contributed by atoms with Gasteiger partial charge in [0.15, 0.2) is 0 Å². The Bertz CT molecular complexity index is 835. The highest BCUT2D eigenvalue weighted by Crippen LogP contribution is 2.22. The van der Waals surface area contributed by atoms with Crippen molar-refractivity contribution in [2.75, 3.05) is 0 Å². The zero-order chi connectivity index (χ0) is 16.5. The summed E-state index contributed by atoms with van der Waals surface area (Å²) in [6, 6.07) is 6.83. The average molecular weight is 326 g/mol. The summed E-state index contributed by atoms with van der Waals surface area (Å²) in [5.41, 5.74) is 2.94. The number of benzene rings is 1. The number of rotatable bonds is 4. The first kappa shape index (κ1) is 15.0. The first-order chi connectivity index (χ1) is 11.7. The van der Waals surface area contributed by atoms with E-state index in [1.165, 1.54) is 12.1 Å². The highest BCUT2D eigenvalue weighted by atomic mass is 19.1. The zero-order valence-corrected chi connectivity index (χ0v) is 13.5. The van der Waals surface area contributed by atoms with Gasteiger partial charge in [-0.3, -0.25) is 5.10 Å². The molecule has 0 saturated heterocycles. The maximum Gasteiger partial charge on any atom is 0.133 e. The summed E-state index contributed by atoms with van der Waals surface area (Å²) in [6.07, 6.45) is 3.81. The van der Waals surface area contributed by atoms with Crippen molar-refractivity contribution in [2.45, 2.75) is 38.9 Å². The van der Waals surface area contributed by atoms with Crippen molar-refractivity contribution in [2.24, 2.45) is 0 Å². The van der Waals surface area contributed by atoms with Crippen LogP contribution in [0.4, 0.5) is 4.39 Å². The predicted molar refractivity (Wildman–Crippen MR) is 87.7 cm³/mol. The number of halogens is 1. The Labute approximate surface area is 139 Å². The standard InChI is InChI=1S/C17H19FN6/c1-11-21-22-16-7-6-15(10-24(11)16)19-8-13-9-20-23-17(13)12-2-4-14(18)5-3-12/h2-5,9,15,19H,6-8,10H2,1H3,(H,20,23). The Kier molecular flexibility index (Phi) is 3.86. The highest BCUT2D eigenvalue weighted by Gasteiger charge is 2.21. The van der Waals surface area contributed by atoms with E-state index in [2.05, 4.69) is 30.3 Å². The third-order valence-corrected chi connectivity index (χ3v) is 4.56. The monoisotopic (exact) mass is 326 g/mol. The first-order valence-electron chi connectivity index (χ1n) is 8.11. The summed E-state index contributed by atoms with van der Waals surface area (Å²) in [5.74, 6) is 1.80. The number of nitrogens with zero attached hydrogens (tertiary/aromatic N) is 4. The largest absolute Gasteiger partial charge is 0.314 e. The molecule has 1 aromatic carbocycles. The lowest BCUT2D eigenvalue weighted by atomic mass is 10.1. The van der Waals surface area contributed by atoms with E-state index >= 15 is 0 Å². The minimum absolute atomic E-state index is 0.236. The first-order valence-corrected chi connectivity index (χ1v) is 8.11. The second kappa shape index (κ2) is 6.16. The van der Waals surface area contributed by atoms with Crippen LogP contribution in [0.5, 0.6) is 0 Å². The summed E-state index contributed by atoms with van der Waals surface area (Å²) in [7, 11) is 0. The van der Waals surface area contributed by atoms with E-state index in [1.54, 1.807) is 12.1 Å². The lowest BCUT2D eigenvalue weighted by Gasteiger charge is -2.25. The summed E-state index contributed by atoms with van der Waals surface area (Å²) in [6.45, 7) is 3.59. The molecule has 0 spiro atoms. The zero-order valence-electron chi connectivity index (χ0n) is 13.5. The molecule has 1 atom stereocenters. The van der Waals surface area contributed by atoms with Gasteiger partial charge in [0, 0.05) is 36.7 Å².